The van der Waals surface area contributed by atoms with Crippen LogP contribution in [0.1, 0.15) is 0 Å². The van der Waals surface area contributed by atoms with Crippen molar-refractivity contribution in [3.63, 3.8) is 0 Å². The van der Waals surface area contributed by atoms with Crippen LogP contribution >= 0.6 is 27.5 Å². The van der Waals surface area contributed by atoms with Crippen LogP contribution in [-0.4, -0.2) is 20.2 Å². The Kier molecular flexibility index (Phi) is 3.60. The van der Waals surface area contributed by atoms with E-state index < -0.39 is 5.82 Å². The first-order valence-corrected chi connectivity index (χ1v) is 7.02. The van der Waals surface area contributed by atoms with Gasteiger partial charge in [0.2, 0.25) is 0 Å². The third kappa shape index (κ3) is 2.74. The number of hydrogen-bond donors (Lipinski definition) is 1. The van der Waals surface area contributed by atoms with E-state index in [0.717, 1.165) is 0 Å². The number of hydrogen-bond acceptors (Lipinski definition) is 4. The molecular formula is C13H8BrClFN5. The molecule has 0 aliphatic heterocycles. The summed E-state index contributed by atoms with van der Waals surface area (Å²) in [4.78, 5) is 0. The second-order valence-electron chi connectivity index (χ2n) is 4.28. The molecule has 0 amide bonds. The van der Waals surface area contributed by atoms with Crippen LogP contribution in [0.15, 0.2) is 40.9 Å². The number of benzene rings is 2. The summed E-state index contributed by atoms with van der Waals surface area (Å²) < 4.78 is 15.7. The van der Waals surface area contributed by atoms with Gasteiger partial charge in [-0.2, -0.15) is 4.68 Å². The monoisotopic (exact) mass is 367 g/mol. The van der Waals surface area contributed by atoms with Crippen LogP contribution in [0.25, 0.3) is 17.1 Å². The van der Waals surface area contributed by atoms with E-state index in [1.54, 1.807) is 24.3 Å². The molecule has 8 heteroatoms. The number of nitrogens with two attached hydrogens (primary N) is 1. The van der Waals surface area contributed by atoms with Crippen LogP contribution in [0, 0.1) is 5.82 Å². The summed E-state index contributed by atoms with van der Waals surface area (Å²) in [5, 5.41) is 12.1. The maximum atomic E-state index is 13.5. The Morgan fingerprint density at radius 3 is 2.71 bits per heavy atom. The van der Waals surface area contributed by atoms with Gasteiger partial charge in [-0.25, -0.2) is 4.39 Å². The number of nitrogens with zero attached hydrogens (tertiary/aromatic N) is 4. The quantitative estimate of drug-likeness (QED) is 0.703. The second kappa shape index (κ2) is 5.42. The van der Waals surface area contributed by atoms with E-state index in [2.05, 4.69) is 31.5 Å². The van der Waals surface area contributed by atoms with E-state index in [-0.39, 0.29) is 0 Å². The topological polar surface area (TPSA) is 69.6 Å². The zero-order valence-electron chi connectivity index (χ0n) is 10.5. The molecular weight excluding hydrogens is 361 g/mol. The van der Waals surface area contributed by atoms with Crippen molar-refractivity contribution in [3.05, 3.63) is 51.7 Å². The second-order valence-corrected chi connectivity index (χ2v) is 5.57. The number of tetrazole rings is 1. The summed E-state index contributed by atoms with van der Waals surface area (Å²) in [6, 6.07) is 9.36. The largest absolute Gasteiger partial charge is 0.399 e. The summed E-state index contributed by atoms with van der Waals surface area (Å²) in [6.07, 6.45) is 0. The zero-order valence-corrected chi connectivity index (χ0v) is 12.8. The number of nitrogen functional groups attached to an aromatic ring is 1. The molecule has 5 nitrogen and oxygen atoms in total. The molecule has 0 spiro atoms. The fourth-order valence-corrected chi connectivity index (χ4v) is 2.77. The van der Waals surface area contributed by atoms with E-state index >= 15 is 0 Å². The van der Waals surface area contributed by atoms with Crippen LogP contribution in [0.5, 0.6) is 0 Å². The van der Waals surface area contributed by atoms with Gasteiger partial charge in [0.15, 0.2) is 5.82 Å². The SMILES string of the molecule is Nc1cc(F)cc(-c2nnnn2-c2ccc(Cl)cc2Br)c1. The smallest absolute Gasteiger partial charge is 0.187 e. The van der Waals surface area contributed by atoms with Crippen LogP contribution in [-0.2, 0) is 0 Å². The molecule has 2 aromatic carbocycles. The molecule has 21 heavy (non-hydrogen) atoms. The van der Waals surface area contributed by atoms with E-state index in [9.17, 15) is 4.39 Å². The lowest BCUT2D eigenvalue weighted by atomic mass is 10.2. The Bertz CT molecular complexity index is 800. The van der Waals surface area contributed by atoms with Gasteiger partial charge in [0.25, 0.3) is 0 Å². The minimum absolute atomic E-state index is 0.301. The number of aromatic nitrogens is 4. The van der Waals surface area contributed by atoms with Crippen molar-refractivity contribution in [1.29, 1.82) is 0 Å². The van der Waals surface area contributed by atoms with Gasteiger partial charge in [-0.3, -0.25) is 0 Å². The molecule has 0 unspecified atom stereocenters. The van der Waals surface area contributed by atoms with Gasteiger partial charge < -0.3 is 5.73 Å². The van der Waals surface area contributed by atoms with Crippen molar-refractivity contribution in [2.75, 3.05) is 5.73 Å². The van der Waals surface area contributed by atoms with Gasteiger partial charge >= 0.3 is 0 Å². The van der Waals surface area contributed by atoms with E-state index in [1.165, 1.54) is 16.8 Å². The normalized spacial score (nSPS) is 10.8. The number of rotatable bonds is 2. The fraction of sp³-hybridized carbons (Fsp3) is 0. The predicted molar refractivity (Wildman–Crippen MR) is 81.7 cm³/mol. The van der Waals surface area contributed by atoms with Gasteiger partial charge in [0.1, 0.15) is 5.82 Å². The predicted octanol–water partition coefficient (Wildman–Crippen LogP) is 3.47. The van der Waals surface area contributed by atoms with Gasteiger partial charge in [-0.1, -0.05) is 11.6 Å². The standard InChI is InChI=1S/C13H8BrClFN5/c14-11-5-8(15)1-2-12(11)21-13(18-19-20-21)7-3-9(16)6-10(17)4-7/h1-6H,17H2. The van der Waals surface area contributed by atoms with E-state index in [4.69, 9.17) is 17.3 Å². The molecule has 0 bridgehead atoms. The maximum Gasteiger partial charge on any atom is 0.187 e. The van der Waals surface area contributed by atoms with Gasteiger partial charge in [0, 0.05) is 20.7 Å². The number of halogens is 3. The van der Waals surface area contributed by atoms with Gasteiger partial charge in [-0.15, -0.1) is 5.10 Å². The van der Waals surface area contributed by atoms with Crippen molar-refractivity contribution in [2.24, 2.45) is 0 Å². The van der Waals surface area contributed by atoms with Gasteiger partial charge in [-0.05, 0) is 62.8 Å². The lowest BCUT2D eigenvalue weighted by Gasteiger charge is -2.08. The van der Waals surface area contributed by atoms with Crippen molar-refractivity contribution in [1.82, 2.24) is 20.2 Å². The molecule has 106 valence electrons. The summed E-state index contributed by atoms with van der Waals surface area (Å²) in [6.45, 7) is 0. The molecule has 0 aliphatic rings. The molecule has 0 radical (unpaired) electrons. The highest BCUT2D eigenvalue weighted by atomic mass is 79.9. The minimum Gasteiger partial charge on any atom is -0.399 e. The Labute approximate surface area is 132 Å². The highest BCUT2D eigenvalue weighted by molar-refractivity contribution is 9.10. The Morgan fingerprint density at radius 1 is 1.19 bits per heavy atom. The van der Waals surface area contributed by atoms with Crippen LogP contribution in [0.2, 0.25) is 5.02 Å². The summed E-state index contributed by atoms with van der Waals surface area (Å²) in [7, 11) is 0. The highest BCUT2D eigenvalue weighted by Gasteiger charge is 2.14. The van der Waals surface area contributed by atoms with E-state index in [1.807, 2.05) is 0 Å². The van der Waals surface area contributed by atoms with Crippen LogP contribution < -0.4 is 5.73 Å². The minimum atomic E-state index is -0.449. The van der Waals surface area contributed by atoms with Gasteiger partial charge in [0.05, 0.1) is 5.69 Å². The molecule has 1 heterocycles. The average Bonchev–Trinajstić information content (AvgIpc) is 2.86. The molecule has 3 rings (SSSR count). The molecule has 0 saturated heterocycles. The molecule has 0 aliphatic carbocycles. The van der Waals surface area contributed by atoms with Crippen molar-refractivity contribution >= 4 is 33.2 Å². The fourth-order valence-electron chi connectivity index (χ4n) is 1.92. The van der Waals surface area contributed by atoms with Crippen molar-refractivity contribution in [3.8, 4) is 17.1 Å². The molecule has 3 aromatic rings. The number of anilines is 1. The average molecular weight is 369 g/mol. The Morgan fingerprint density at radius 2 is 2.00 bits per heavy atom. The first-order chi connectivity index (χ1) is 10.0. The van der Waals surface area contributed by atoms with Crippen LogP contribution in [0.4, 0.5) is 10.1 Å². The summed E-state index contributed by atoms with van der Waals surface area (Å²) in [5.41, 5.74) is 7.13. The molecule has 0 fully saturated rings. The summed E-state index contributed by atoms with van der Waals surface area (Å²) >= 11 is 9.32. The maximum absolute atomic E-state index is 13.5. The molecule has 1 aromatic heterocycles. The van der Waals surface area contributed by atoms with Crippen molar-refractivity contribution in [2.45, 2.75) is 0 Å². The molecule has 0 saturated carbocycles. The van der Waals surface area contributed by atoms with E-state index in [0.29, 0.717) is 32.3 Å². The molecule has 2 N–H and O–H groups in total. The lowest BCUT2D eigenvalue weighted by molar-refractivity contribution is 0.628. The lowest BCUT2D eigenvalue weighted by Crippen LogP contribution is -2.01. The zero-order chi connectivity index (χ0) is 15.0. The summed E-state index contributed by atoms with van der Waals surface area (Å²) in [5.74, 6) is -0.0704. The molecule has 0 atom stereocenters. The first-order valence-electron chi connectivity index (χ1n) is 5.85. The Balaban J connectivity index is 2.17. The van der Waals surface area contributed by atoms with Crippen LogP contribution in [0.3, 0.4) is 0 Å². The van der Waals surface area contributed by atoms with Crippen molar-refractivity contribution < 1.29 is 4.39 Å². The first kappa shape index (κ1) is 14.0. The Hall–Kier alpha value is -1.99. The highest BCUT2D eigenvalue weighted by Crippen LogP contribution is 2.28. The third-order valence-corrected chi connectivity index (χ3v) is 3.66. The third-order valence-electron chi connectivity index (χ3n) is 2.79.